The molecule has 4 nitrogen and oxygen atoms in total. The molecule has 0 aliphatic heterocycles. The first-order chi connectivity index (χ1) is 12.8. The van der Waals surface area contributed by atoms with Gasteiger partial charge in [0.2, 0.25) is 5.78 Å². The van der Waals surface area contributed by atoms with Crippen LogP contribution in [-0.4, -0.2) is 11.5 Å². The maximum absolute atomic E-state index is 12.5. The Labute approximate surface area is 185 Å². The van der Waals surface area contributed by atoms with E-state index in [1.807, 2.05) is 58.0 Å². The quantitative estimate of drug-likeness (QED) is 0.254. The number of carbonyl (C=O) groups is 1. The standard InChI is InChI=1S/C23H24N3O.Hf/c1-13-7-6-8-19(14(13)2)25-21-11-12-22(27)23(17(21)5)26-20-10-9-18(24)15(3)16(20)4;/h6,8-12,25H,24H2,1-5H3;/q-1;. The van der Waals surface area contributed by atoms with E-state index in [1.165, 1.54) is 0 Å². The molecule has 1 aliphatic carbocycles. The van der Waals surface area contributed by atoms with Crippen LogP contribution in [0.4, 0.5) is 17.1 Å². The number of hydrogen-bond acceptors (Lipinski definition) is 4. The minimum atomic E-state index is -0.0961. The molecule has 5 heteroatoms. The molecule has 2 aromatic rings. The minimum absolute atomic E-state index is 0. The first kappa shape index (κ1) is 22.0. The van der Waals surface area contributed by atoms with Crippen LogP contribution in [0.3, 0.4) is 0 Å². The molecule has 0 amide bonds. The van der Waals surface area contributed by atoms with Crippen LogP contribution in [0.25, 0.3) is 0 Å². The topological polar surface area (TPSA) is 67.5 Å². The molecule has 0 heterocycles. The largest absolute Gasteiger partial charge is 0.399 e. The van der Waals surface area contributed by atoms with Crippen molar-refractivity contribution >= 4 is 28.6 Å². The van der Waals surface area contributed by atoms with Crippen LogP contribution >= 0.6 is 0 Å². The average Bonchev–Trinajstić information content (AvgIpc) is 2.64. The zero-order chi connectivity index (χ0) is 19.7. The molecule has 0 unspecified atom stereocenters. The normalized spacial score (nSPS) is 15.0. The van der Waals surface area contributed by atoms with Gasteiger partial charge in [-0.25, -0.2) is 4.99 Å². The number of ketones is 1. The second-order valence-electron chi connectivity index (χ2n) is 6.89. The van der Waals surface area contributed by atoms with Crippen LogP contribution in [0.2, 0.25) is 0 Å². The van der Waals surface area contributed by atoms with Gasteiger partial charge in [0.1, 0.15) is 5.71 Å². The summed E-state index contributed by atoms with van der Waals surface area (Å²) in [5.74, 6) is -0.0961. The molecule has 2 aromatic carbocycles. The molecule has 0 saturated heterocycles. The molecule has 0 fully saturated rings. The summed E-state index contributed by atoms with van der Waals surface area (Å²) < 4.78 is 0. The van der Waals surface area contributed by atoms with E-state index in [1.54, 1.807) is 6.08 Å². The summed E-state index contributed by atoms with van der Waals surface area (Å²) in [6, 6.07) is 10.8. The molecule has 3 N–H and O–H groups in total. The Morgan fingerprint density at radius 3 is 2.39 bits per heavy atom. The fraction of sp³-hybridized carbons (Fsp3) is 0.217. The second kappa shape index (κ2) is 8.82. The Morgan fingerprint density at radius 2 is 1.68 bits per heavy atom. The molecule has 1 aliphatic rings. The van der Waals surface area contributed by atoms with Gasteiger partial charge in [-0.05, 0) is 56.2 Å². The third-order valence-corrected chi connectivity index (χ3v) is 5.21. The van der Waals surface area contributed by atoms with Gasteiger partial charge < -0.3 is 11.1 Å². The van der Waals surface area contributed by atoms with Gasteiger partial charge in [0.05, 0.1) is 5.69 Å². The molecule has 0 spiro atoms. The predicted molar refractivity (Wildman–Crippen MR) is 113 cm³/mol. The van der Waals surface area contributed by atoms with E-state index >= 15 is 0 Å². The first-order valence-corrected chi connectivity index (χ1v) is 8.92. The molecule has 3 rings (SSSR count). The van der Waals surface area contributed by atoms with Gasteiger partial charge >= 0.3 is 0 Å². The molecular formula is C23H24HfN3O-. The number of benzene rings is 2. The van der Waals surface area contributed by atoms with Gasteiger partial charge in [-0.3, -0.25) is 4.79 Å². The summed E-state index contributed by atoms with van der Waals surface area (Å²) in [4.78, 5) is 17.2. The SMILES string of the molecule is CC1=C(Nc2cc[c-]c(C)c2C)C=CC(=O)C1=Nc1ccc(N)c(C)c1C.[Hf]. The van der Waals surface area contributed by atoms with E-state index in [2.05, 4.69) is 23.3 Å². The van der Waals surface area contributed by atoms with Crippen molar-refractivity contribution in [2.24, 2.45) is 4.99 Å². The van der Waals surface area contributed by atoms with Crippen molar-refractivity contribution < 1.29 is 30.6 Å². The summed E-state index contributed by atoms with van der Waals surface area (Å²) in [7, 11) is 0. The number of carbonyl (C=O) groups excluding carboxylic acids is 1. The zero-order valence-electron chi connectivity index (χ0n) is 16.9. The Kier molecular flexibility index (Phi) is 6.94. The van der Waals surface area contributed by atoms with E-state index in [4.69, 9.17) is 5.73 Å². The number of anilines is 2. The molecule has 142 valence electrons. The number of nitrogens with one attached hydrogen (secondary N) is 1. The summed E-state index contributed by atoms with van der Waals surface area (Å²) in [6.45, 7) is 9.93. The predicted octanol–water partition coefficient (Wildman–Crippen LogP) is 4.90. The van der Waals surface area contributed by atoms with Gasteiger partial charge in [-0.2, -0.15) is 17.7 Å². The van der Waals surface area contributed by atoms with Crippen LogP contribution in [0.5, 0.6) is 0 Å². The van der Waals surface area contributed by atoms with E-state index in [-0.39, 0.29) is 31.6 Å². The van der Waals surface area contributed by atoms with Gasteiger partial charge in [-0.1, -0.05) is 19.5 Å². The molecule has 0 radical (unpaired) electrons. The van der Waals surface area contributed by atoms with Crippen molar-refractivity contribution in [2.75, 3.05) is 11.1 Å². The van der Waals surface area contributed by atoms with Gasteiger partial charge in [0.15, 0.2) is 0 Å². The van der Waals surface area contributed by atoms with Crippen molar-refractivity contribution in [2.45, 2.75) is 34.6 Å². The van der Waals surface area contributed by atoms with Crippen molar-refractivity contribution in [3.8, 4) is 0 Å². The average molecular weight is 537 g/mol. The minimum Gasteiger partial charge on any atom is -0.399 e. The van der Waals surface area contributed by atoms with Gasteiger partial charge in [0, 0.05) is 42.8 Å². The third-order valence-electron chi connectivity index (χ3n) is 5.21. The Morgan fingerprint density at radius 1 is 0.964 bits per heavy atom. The van der Waals surface area contributed by atoms with Crippen LogP contribution < -0.4 is 11.1 Å². The Hall–Kier alpha value is -2.27. The maximum Gasteiger partial charge on any atom is 0.204 e. The summed E-state index contributed by atoms with van der Waals surface area (Å²) in [5, 5.41) is 3.43. The number of nitrogen functional groups attached to an aromatic ring is 1. The van der Waals surface area contributed by atoms with Crippen molar-refractivity contribution in [3.05, 3.63) is 76.0 Å². The number of aliphatic imine (C=N–C) groups is 1. The summed E-state index contributed by atoms with van der Waals surface area (Å²) in [5.41, 5.74) is 14.8. The van der Waals surface area contributed by atoms with E-state index in [0.717, 1.165) is 50.6 Å². The van der Waals surface area contributed by atoms with E-state index in [0.29, 0.717) is 5.71 Å². The van der Waals surface area contributed by atoms with Crippen LogP contribution in [0.1, 0.15) is 29.2 Å². The molecule has 28 heavy (non-hydrogen) atoms. The first-order valence-electron chi connectivity index (χ1n) is 8.92. The molecule has 0 atom stereocenters. The van der Waals surface area contributed by atoms with E-state index in [9.17, 15) is 4.79 Å². The smallest absolute Gasteiger partial charge is 0.204 e. The van der Waals surface area contributed by atoms with Gasteiger partial charge in [-0.15, -0.1) is 11.6 Å². The Bertz CT molecular complexity index is 1030. The fourth-order valence-corrected chi connectivity index (χ4v) is 2.98. The maximum atomic E-state index is 12.5. The van der Waals surface area contributed by atoms with Crippen LogP contribution in [0.15, 0.2) is 52.7 Å². The van der Waals surface area contributed by atoms with E-state index < -0.39 is 0 Å². The Balaban J connectivity index is 0.00000280. The monoisotopic (exact) mass is 538 g/mol. The fourth-order valence-electron chi connectivity index (χ4n) is 2.98. The second-order valence-corrected chi connectivity index (χ2v) is 6.89. The number of allylic oxidation sites excluding steroid dienone is 3. The third kappa shape index (κ3) is 4.25. The zero-order valence-corrected chi connectivity index (χ0v) is 20.5. The number of aryl methyl sites for hydroxylation is 1. The number of hydrogen-bond donors (Lipinski definition) is 2. The number of nitrogens with zero attached hydrogens (tertiary/aromatic N) is 1. The number of nitrogens with two attached hydrogens (primary N) is 1. The van der Waals surface area contributed by atoms with Crippen LogP contribution in [-0.2, 0) is 30.6 Å². The molecule has 0 bridgehead atoms. The van der Waals surface area contributed by atoms with Crippen molar-refractivity contribution in [1.29, 1.82) is 0 Å². The summed E-state index contributed by atoms with van der Waals surface area (Å²) in [6.07, 6.45) is 3.37. The van der Waals surface area contributed by atoms with Crippen molar-refractivity contribution in [1.82, 2.24) is 0 Å². The molecule has 0 aromatic heterocycles. The molecular weight excluding hydrogens is 513 g/mol. The van der Waals surface area contributed by atoms with Crippen molar-refractivity contribution in [3.63, 3.8) is 0 Å². The summed E-state index contributed by atoms with van der Waals surface area (Å²) >= 11 is 0. The molecule has 0 saturated carbocycles. The number of rotatable bonds is 3. The van der Waals surface area contributed by atoms with Crippen LogP contribution in [0, 0.1) is 33.8 Å². The van der Waals surface area contributed by atoms with Gasteiger partial charge in [0.25, 0.3) is 0 Å².